The van der Waals surface area contributed by atoms with Gasteiger partial charge in [-0.2, -0.15) is 0 Å². The fraction of sp³-hybridized carbons (Fsp3) is 0.0667. The van der Waals surface area contributed by atoms with Gasteiger partial charge in [0.2, 0.25) is 0 Å². The van der Waals surface area contributed by atoms with Crippen molar-refractivity contribution in [1.29, 1.82) is 0 Å². The van der Waals surface area contributed by atoms with Gasteiger partial charge >= 0.3 is 0 Å². The summed E-state index contributed by atoms with van der Waals surface area (Å²) in [6.45, 7) is 0.276. The van der Waals surface area contributed by atoms with Crippen LogP contribution >= 0.6 is 15.9 Å². The number of hydrogen-bond acceptors (Lipinski definition) is 2. The zero-order chi connectivity index (χ0) is 13.4. The Morgan fingerprint density at radius 2 is 1.89 bits per heavy atom. The molecule has 4 heteroatoms. The van der Waals surface area contributed by atoms with Crippen molar-refractivity contribution in [2.75, 3.05) is 0 Å². The van der Waals surface area contributed by atoms with Crippen LogP contribution in [0.25, 0.3) is 22.1 Å². The zero-order valence-corrected chi connectivity index (χ0v) is 11.6. The van der Waals surface area contributed by atoms with Crippen LogP contribution in [0.3, 0.4) is 0 Å². The molecule has 1 heterocycles. The summed E-state index contributed by atoms with van der Waals surface area (Å²) < 4.78 is 19.6. The van der Waals surface area contributed by atoms with Crippen molar-refractivity contribution in [2.24, 2.45) is 5.73 Å². The summed E-state index contributed by atoms with van der Waals surface area (Å²) in [5, 5.41) is 0.861. The maximum atomic E-state index is 13.6. The average molecular weight is 320 g/mol. The Morgan fingerprint density at radius 3 is 2.58 bits per heavy atom. The molecule has 0 bridgehead atoms. The second-order valence-electron chi connectivity index (χ2n) is 4.23. The molecule has 2 nitrogen and oxygen atoms in total. The van der Waals surface area contributed by atoms with E-state index in [9.17, 15) is 4.39 Å². The third kappa shape index (κ3) is 2.07. The van der Waals surface area contributed by atoms with Crippen LogP contribution in [-0.4, -0.2) is 0 Å². The molecule has 0 saturated carbocycles. The molecule has 3 rings (SSSR count). The number of benzene rings is 2. The first kappa shape index (κ1) is 12.4. The number of furan rings is 1. The maximum Gasteiger partial charge on any atom is 0.141 e. The third-order valence-corrected chi connectivity index (χ3v) is 3.66. The van der Waals surface area contributed by atoms with E-state index >= 15 is 0 Å². The number of fused-ring (bicyclic) bond motifs is 1. The smallest absolute Gasteiger partial charge is 0.141 e. The molecule has 1 aromatic heterocycles. The van der Waals surface area contributed by atoms with Gasteiger partial charge in [-0.25, -0.2) is 4.39 Å². The van der Waals surface area contributed by atoms with Gasteiger partial charge in [0, 0.05) is 17.0 Å². The average Bonchev–Trinajstić information content (AvgIpc) is 2.78. The molecular formula is C15H11BrFNO. The van der Waals surface area contributed by atoms with E-state index in [4.69, 9.17) is 10.2 Å². The number of rotatable bonds is 2. The van der Waals surface area contributed by atoms with Gasteiger partial charge in [-0.3, -0.25) is 0 Å². The van der Waals surface area contributed by atoms with Gasteiger partial charge < -0.3 is 10.2 Å². The highest BCUT2D eigenvalue weighted by molar-refractivity contribution is 9.10. The maximum absolute atomic E-state index is 13.6. The van der Waals surface area contributed by atoms with Gasteiger partial charge in [0.1, 0.15) is 17.2 Å². The van der Waals surface area contributed by atoms with E-state index in [1.54, 1.807) is 6.07 Å². The second-order valence-corrected chi connectivity index (χ2v) is 5.09. The van der Waals surface area contributed by atoms with E-state index in [1.165, 1.54) is 6.07 Å². The summed E-state index contributed by atoms with van der Waals surface area (Å²) in [6, 6.07) is 12.9. The molecule has 0 fully saturated rings. The van der Waals surface area contributed by atoms with Crippen molar-refractivity contribution in [1.82, 2.24) is 0 Å². The predicted molar refractivity (Wildman–Crippen MR) is 77.2 cm³/mol. The summed E-state index contributed by atoms with van der Waals surface area (Å²) in [7, 11) is 0. The summed E-state index contributed by atoms with van der Waals surface area (Å²) in [6.07, 6.45) is 0. The summed E-state index contributed by atoms with van der Waals surface area (Å²) in [5.74, 6) is 0.322. The van der Waals surface area contributed by atoms with E-state index in [0.717, 1.165) is 16.5 Å². The molecule has 0 aliphatic heterocycles. The summed E-state index contributed by atoms with van der Waals surface area (Å²) >= 11 is 3.21. The lowest BCUT2D eigenvalue weighted by atomic mass is 10.0. The van der Waals surface area contributed by atoms with Crippen LogP contribution in [0.2, 0.25) is 0 Å². The number of hydrogen-bond donors (Lipinski definition) is 1. The molecule has 0 atom stereocenters. The van der Waals surface area contributed by atoms with Crippen LogP contribution < -0.4 is 5.73 Å². The highest BCUT2D eigenvalue weighted by Crippen LogP contribution is 2.36. The Morgan fingerprint density at radius 1 is 1.16 bits per heavy atom. The molecule has 96 valence electrons. The molecular weight excluding hydrogens is 309 g/mol. The van der Waals surface area contributed by atoms with Gasteiger partial charge in [0.05, 0.1) is 11.0 Å². The molecule has 3 aromatic rings. The Bertz CT molecular complexity index is 737. The van der Waals surface area contributed by atoms with Gasteiger partial charge in [-0.15, -0.1) is 0 Å². The lowest BCUT2D eigenvalue weighted by molar-refractivity contribution is 0.548. The van der Waals surface area contributed by atoms with Crippen molar-refractivity contribution in [2.45, 2.75) is 6.54 Å². The van der Waals surface area contributed by atoms with Crippen molar-refractivity contribution in [3.05, 3.63) is 58.5 Å². The van der Waals surface area contributed by atoms with E-state index < -0.39 is 0 Å². The Labute approximate surface area is 118 Å². The minimum atomic E-state index is -0.343. The number of halogens is 2. The monoisotopic (exact) mass is 319 g/mol. The minimum Gasteiger partial charge on any atom is -0.459 e. The first-order valence-corrected chi connectivity index (χ1v) is 6.66. The molecule has 0 radical (unpaired) electrons. The Kier molecular flexibility index (Phi) is 3.12. The van der Waals surface area contributed by atoms with E-state index in [0.29, 0.717) is 15.8 Å². The second kappa shape index (κ2) is 4.79. The lowest BCUT2D eigenvalue weighted by Crippen LogP contribution is -1.95. The first-order chi connectivity index (χ1) is 9.20. The quantitative estimate of drug-likeness (QED) is 0.757. The van der Waals surface area contributed by atoms with Crippen molar-refractivity contribution in [3.63, 3.8) is 0 Å². The summed E-state index contributed by atoms with van der Waals surface area (Å²) in [5.41, 5.74) is 8.19. The molecule has 0 saturated heterocycles. The SMILES string of the molecule is NCc1oc2cc(F)c(Br)cc2c1-c1ccccc1. The Balaban J connectivity index is 2.36. The molecule has 2 aromatic carbocycles. The van der Waals surface area contributed by atoms with Crippen molar-refractivity contribution >= 4 is 26.9 Å². The van der Waals surface area contributed by atoms with E-state index in [2.05, 4.69) is 15.9 Å². The van der Waals surface area contributed by atoms with E-state index in [1.807, 2.05) is 30.3 Å². The molecule has 0 unspecified atom stereocenters. The third-order valence-electron chi connectivity index (χ3n) is 3.05. The molecule has 0 spiro atoms. The predicted octanol–water partition coefficient (Wildman–Crippen LogP) is 4.46. The van der Waals surface area contributed by atoms with E-state index in [-0.39, 0.29) is 12.4 Å². The largest absolute Gasteiger partial charge is 0.459 e. The van der Waals surface area contributed by atoms with Crippen LogP contribution in [0.1, 0.15) is 5.76 Å². The van der Waals surface area contributed by atoms with Gasteiger partial charge in [-0.1, -0.05) is 30.3 Å². The van der Waals surface area contributed by atoms with Crippen molar-refractivity contribution < 1.29 is 8.81 Å². The normalized spacial score (nSPS) is 11.1. The molecule has 0 aliphatic carbocycles. The summed E-state index contributed by atoms with van der Waals surface area (Å²) in [4.78, 5) is 0. The van der Waals surface area contributed by atoms with Crippen LogP contribution in [0, 0.1) is 5.82 Å². The fourth-order valence-corrected chi connectivity index (χ4v) is 2.55. The highest BCUT2D eigenvalue weighted by Gasteiger charge is 2.16. The fourth-order valence-electron chi connectivity index (χ4n) is 2.21. The number of nitrogens with two attached hydrogens (primary N) is 1. The standard InChI is InChI=1S/C15H11BrFNO/c16-11-6-10-13(7-12(11)17)19-14(8-18)15(10)9-4-2-1-3-5-9/h1-7H,8,18H2. The zero-order valence-electron chi connectivity index (χ0n) is 9.99. The van der Waals surface area contributed by atoms with Gasteiger partial charge in [-0.05, 0) is 27.6 Å². The molecule has 2 N–H and O–H groups in total. The lowest BCUT2D eigenvalue weighted by Gasteiger charge is -2.01. The first-order valence-electron chi connectivity index (χ1n) is 5.86. The van der Waals surface area contributed by atoms with Crippen LogP contribution in [0.4, 0.5) is 4.39 Å². The molecule has 0 amide bonds. The van der Waals surface area contributed by atoms with Crippen molar-refractivity contribution in [3.8, 4) is 11.1 Å². The highest BCUT2D eigenvalue weighted by atomic mass is 79.9. The van der Waals surface area contributed by atoms with Crippen LogP contribution in [0.15, 0.2) is 51.4 Å². The van der Waals surface area contributed by atoms with Gasteiger partial charge in [0.15, 0.2) is 0 Å². The van der Waals surface area contributed by atoms with Gasteiger partial charge in [0.25, 0.3) is 0 Å². The topological polar surface area (TPSA) is 39.2 Å². The van der Waals surface area contributed by atoms with Crippen LogP contribution in [-0.2, 0) is 6.54 Å². The van der Waals surface area contributed by atoms with Crippen LogP contribution in [0.5, 0.6) is 0 Å². The Hall–Kier alpha value is -1.65. The molecule has 19 heavy (non-hydrogen) atoms. The molecule has 0 aliphatic rings. The minimum absolute atomic E-state index is 0.276.